The first-order valence-corrected chi connectivity index (χ1v) is 7.40. The second-order valence-electron chi connectivity index (χ2n) is 7.79. The van der Waals surface area contributed by atoms with E-state index in [1.54, 1.807) is 6.20 Å². The maximum atomic E-state index is 10.8. The largest absolute Gasteiger partial charge is 0.507 e. The van der Waals surface area contributed by atoms with Crippen molar-refractivity contribution in [2.24, 2.45) is 0 Å². The van der Waals surface area contributed by atoms with Gasteiger partial charge in [0, 0.05) is 22.9 Å². The Bertz CT molecular complexity index is 641. The molecule has 0 aliphatic heterocycles. The van der Waals surface area contributed by atoms with Crippen LogP contribution in [0.25, 0.3) is 11.3 Å². The third-order valence-electron chi connectivity index (χ3n) is 3.91. The van der Waals surface area contributed by atoms with Gasteiger partial charge in [0.05, 0.1) is 5.69 Å². The minimum Gasteiger partial charge on any atom is -0.507 e. The van der Waals surface area contributed by atoms with Gasteiger partial charge in [-0.1, -0.05) is 41.5 Å². The Hall–Kier alpha value is -1.77. The highest BCUT2D eigenvalue weighted by Crippen LogP contribution is 2.44. The van der Waals surface area contributed by atoms with Gasteiger partial charge in [-0.15, -0.1) is 0 Å². The van der Waals surface area contributed by atoms with Crippen LogP contribution < -0.4 is 0 Å². The first kappa shape index (κ1) is 15.6. The molecule has 2 N–H and O–H groups in total. The van der Waals surface area contributed by atoms with Crippen LogP contribution in [0.3, 0.4) is 0 Å². The standard InChI is InChI=1S/C18H26N2O/c1-11-12(14-8-9-19-20-14)10-13(17(2,3)4)16(21)15(11)18(5,6)7/h8-10,21H,1-7H3,(H,19,20). The number of nitrogens with zero attached hydrogens (tertiary/aromatic N) is 1. The van der Waals surface area contributed by atoms with E-state index in [4.69, 9.17) is 0 Å². The minimum absolute atomic E-state index is 0.118. The lowest BCUT2D eigenvalue weighted by Gasteiger charge is -2.30. The van der Waals surface area contributed by atoms with E-state index < -0.39 is 0 Å². The van der Waals surface area contributed by atoms with Crippen LogP contribution in [0.2, 0.25) is 0 Å². The molecule has 1 aromatic heterocycles. The topological polar surface area (TPSA) is 48.9 Å². The van der Waals surface area contributed by atoms with E-state index in [0.29, 0.717) is 5.75 Å². The lowest BCUT2D eigenvalue weighted by atomic mass is 9.75. The summed E-state index contributed by atoms with van der Waals surface area (Å²) in [6.07, 6.45) is 1.76. The van der Waals surface area contributed by atoms with E-state index >= 15 is 0 Å². The Kier molecular flexibility index (Phi) is 3.64. The Morgan fingerprint density at radius 3 is 2.10 bits per heavy atom. The zero-order valence-electron chi connectivity index (χ0n) is 14.1. The van der Waals surface area contributed by atoms with Crippen LogP contribution in [0, 0.1) is 6.92 Å². The summed E-state index contributed by atoms with van der Waals surface area (Å²) in [6, 6.07) is 4.06. The van der Waals surface area contributed by atoms with Crippen molar-refractivity contribution in [3.05, 3.63) is 35.0 Å². The first-order valence-electron chi connectivity index (χ1n) is 7.40. The number of aromatic nitrogens is 2. The monoisotopic (exact) mass is 286 g/mol. The molecule has 0 bridgehead atoms. The minimum atomic E-state index is -0.121. The van der Waals surface area contributed by atoms with Gasteiger partial charge in [-0.3, -0.25) is 5.10 Å². The van der Waals surface area contributed by atoms with Crippen LogP contribution in [0.1, 0.15) is 58.2 Å². The molecule has 0 atom stereocenters. The highest BCUT2D eigenvalue weighted by Gasteiger charge is 2.29. The van der Waals surface area contributed by atoms with Gasteiger partial charge in [-0.05, 0) is 35.4 Å². The fourth-order valence-corrected chi connectivity index (χ4v) is 2.94. The molecule has 3 nitrogen and oxygen atoms in total. The van der Waals surface area contributed by atoms with Crippen molar-refractivity contribution in [2.75, 3.05) is 0 Å². The molecule has 2 rings (SSSR count). The van der Waals surface area contributed by atoms with Crippen LogP contribution >= 0.6 is 0 Å². The summed E-state index contributed by atoms with van der Waals surface area (Å²) in [7, 11) is 0. The smallest absolute Gasteiger partial charge is 0.123 e. The zero-order valence-corrected chi connectivity index (χ0v) is 14.1. The van der Waals surface area contributed by atoms with Gasteiger partial charge in [-0.2, -0.15) is 5.10 Å². The van der Waals surface area contributed by atoms with E-state index in [1.165, 1.54) is 0 Å². The number of hydrogen-bond acceptors (Lipinski definition) is 2. The number of benzene rings is 1. The maximum absolute atomic E-state index is 10.8. The summed E-state index contributed by atoms with van der Waals surface area (Å²) in [5.74, 6) is 0.427. The molecule has 114 valence electrons. The molecule has 0 saturated carbocycles. The van der Waals surface area contributed by atoms with E-state index in [2.05, 4.69) is 64.7 Å². The van der Waals surface area contributed by atoms with Gasteiger partial charge in [0.15, 0.2) is 0 Å². The van der Waals surface area contributed by atoms with E-state index in [9.17, 15) is 5.11 Å². The number of aromatic amines is 1. The predicted octanol–water partition coefficient (Wildman–Crippen LogP) is 4.69. The second-order valence-corrected chi connectivity index (χ2v) is 7.79. The summed E-state index contributed by atoms with van der Waals surface area (Å²) in [5.41, 5.74) is 4.96. The molecule has 2 aromatic rings. The van der Waals surface area contributed by atoms with E-state index in [-0.39, 0.29) is 10.8 Å². The SMILES string of the molecule is Cc1c(-c2ccn[nH]2)cc(C(C)(C)C)c(O)c1C(C)(C)C. The fraction of sp³-hybridized carbons (Fsp3) is 0.500. The number of H-pyrrole nitrogens is 1. The third-order valence-corrected chi connectivity index (χ3v) is 3.91. The zero-order chi connectivity index (χ0) is 16.0. The Morgan fingerprint density at radius 2 is 1.67 bits per heavy atom. The van der Waals surface area contributed by atoms with E-state index in [1.807, 2.05) is 6.07 Å². The van der Waals surface area contributed by atoms with Crippen molar-refractivity contribution >= 4 is 0 Å². The molecule has 0 aliphatic rings. The molecule has 0 fully saturated rings. The van der Waals surface area contributed by atoms with Crippen LogP contribution in [-0.2, 0) is 10.8 Å². The molecular formula is C18H26N2O. The van der Waals surface area contributed by atoms with Crippen LogP contribution in [0.4, 0.5) is 0 Å². The summed E-state index contributed by atoms with van der Waals surface area (Å²) < 4.78 is 0. The normalized spacial score (nSPS) is 12.7. The summed E-state index contributed by atoms with van der Waals surface area (Å²) in [6.45, 7) is 14.9. The van der Waals surface area contributed by atoms with Crippen LogP contribution in [0.5, 0.6) is 5.75 Å². The van der Waals surface area contributed by atoms with Crippen molar-refractivity contribution in [3.63, 3.8) is 0 Å². The molecule has 1 heterocycles. The molecular weight excluding hydrogens is 260 g/mol. The summed E-state index contributed by atoms with van der Waals surface area (Å²) in [5, 5.41) is 17.9. The molecule has 3 heteroatoms. The van der Waals surface area contributed by atoms with Gasteiger partial charge >= 0.3 is 0 Å². The summed E-state index contributed by atoms with van der Waals surface area (Å²) >= 11 is 0. The molecule has 0 saturated heterocycles. The molecule has 0 radical (unpaired) electrons. The van der Waals surface area contributed by atoms with Crippen LogP contribution in [0.15, 0.2) is 18.3 Å². The third kappa shape index (κ3) is 2.82. The first-order chi connectivity index (χ1) is 9.53. The van der Waals surface area contributed by atoms with Gasteiger partial charge < -0.3 is 5.11 Å². The summed E-state index contributed by atoms with van der Waals surface area (Å²) in [4.78, 5) is 0. The lowest BCUT2D eigenvalue weighted by Crippen LogP contribution is -2.19. The number of hydrogen-bond donors (Lipinski definition) is 2. The quantitative estimate of drug-likeness (QED) is 0.799. The number of phenols is 1. The lowest BCUT2D eigenvalue weighted by molar-refractivity contribution is 0.422. The number of phenolic OH excluding ortho intramolecular Hbond substituents is 1. The molecule has 21 heavy (non-hydrogen) atoms. The molecule has 1 aromatic carbocycles. The maximum Gasteiger partial charge on any atom is 0.123 e. The van der Waals surface area contributed by atoms with Crippen molar-refractivity contribution in [2.45, 2.75) is 59.3 Å². The fourth-order valence-electron chi connectivity index (χ4n) is 2.94. The number of nitrogens with one attached hydrogen (secondary N) is 1. The Balaban J connectivity index is 2.86. The molecule has 0 amide bonds. The molecule has 0 unspecified atom stereocenters. The van der Waals surface area contributed by atoms with E-state index in [0.717, 1.165) is 27.9 Å². The van der Waals surface area contributed by atoms with Crippen molar-refractivity contribution in [1.82, 2.24) is 10.2 Å². The average molecular weight is 286 g/mol. The van der Waals surface area contributed by atoms with Gasteiger partial charge in [0.25, 0.3) is 0 Å². The number of rotatable bonds is 1. The van der Waals surface area contributed by atoms with Crippen molar-refractivity contribution < 1.29 is 5.11 Å². The van der Waals surface area contributed by atoms with Crippen molar-refractivity contribution in [3.8, 4) is 17.0 Å². The predicted molar refractivity (Wildman–Crippen MR) is 87.8 cm³/mol. The highest BCUT2D eigenvalue weighted by molar-refractivity contribution is 5.70. The molecule has 0 spiro atoms. The van der Waals surface area contributed by atoms with Crippen LogP contribution in [-0.4, -0.2) is 15.3 Å². The highest BCUT2D eigenvalue weighted by atomic mass is 16.3. The number of aromatic hydroxyl groups is 1. The van der Waals surface area contributed by atoms with Gasteiger partial charge in [0.1, 0.15) is 5.75 Å². The Labute approximate surface area is 127 Å². The average Bonchev–Trinajstić information content (AvgIpc) is 2.78. The Morgan fingerprint density at radius 1 is 1.05 bits per heavy atom. The van der Waals surface area contributed by atoms with Gasteiger partial charge in [0.2, 0.25) is 0 Å². The van der Waals surface area contributed by atoms with Crippen molar-refractivity contribution in [1.29, 1.82) is 0 Å². The molecule has 0 aliphatic carbocycles. The van der Waals surface area contributed by atoms with Gasteiger partial charge in [-0.25, -0.2) is 0 Å². The second kappa shape index (κ2) is 4.90.